The summed E-state index contributed by atoms with van der Waals surface area (Å²) in [5.74, 6) is 0.242. The lowest BCUT2D eigenvalue weighted by Crippen LogP contribution is -2.35. The Labute approximate surface area is 120 Å². The molecule has 0 aliphatic heterocycles. The van der Waals surface area contributed by atoms with Gasteiger partial charge in [-0.15, -0.1) is 0 Å². The van der Waals surface area contributed by atoms with E-state index in [1.165, 1.54) is 23.3 Å². The summed E-state index contributed by atoms with van der Waals surface area (Å²) in [5, 5.41) is 3.55. The molecular weight excluding hydrogens is 249 g/mol. The van der Waals surface area contributed by atoms with E-state index in [2.05, 4.69) is 43.4 Å². The molecule has 0 heterocycles. The summed E-state index contributed by atoms with van der Waals surface area (Å²) in [5.41, 5.74) is 2.50. The zero-order valence-corrected chi connectivity index (χ0v) is 12.1. The highest BCUT2D eigenvalue weighted by Gasteiger charge is 2.18. The van der Waals surface area contributed by atoms with Gasteiger partial charge in [0.05, 0.1) is 0 Å². The summed E-state index contributed by atoms with van der Waals surface area (Å²) >= 11 is 0. The third-order valence-corrected chi connectivity index (χ3v) is 3.76. The van der Waals surface area contributed by atoms with Crippen molar-refractivity contribution in [2.45, 2.75) is 32.2 Å². The van der Waals surface area contributed by atoms with Crippen molar-refractivity contribution in [3.8, 4) is 0 Å². The van der Waals surface area contributed by atoms with Crippen LogP contribution in [0.1, 0.15) is 30.9 Å². The largest absolute Gasteiger partial charge is 0.313 e. The lowest BCUT2D eigenvalue weighted by atomic mass is 9.89. The monoisotopic (exact) mass is 271 g/mol. The van der Waals surface area contributed by atoms with Crippen LogP contribution < -0.4 is 5.32 Å². The first-order valence-electron chi connectivity index (χ1n) is 7.23. The van der Waals surface area contributed by atoms with Crippen molar-refractivity contribution in [3.63, 3.8) is 0 Å². The molecule has 2 aromatic rings. The third-order valence-electron chi connectivity index (χ3n) is 3.76. The molecule has 1 N–H and O–H groups in total. The Bertz CT molecular complexity index is 507. The van der Waals surface area contributed by atoms with E-state index in [0.29, 0.717) is 12.0 Å². The zero-order valence-electron chi connectivity index (χ0n) is 12.1. The Balaban J connectivity index is 2.12. The van der Waals surface area contributed by atoms with E-state index in [9.17, 15) is 4.39 Å². The van der Waals surface area contributed by atoms with Gasteiger partial charge in [0.1, 0.15) is 5.82 Å². The Morgan fingerprint density at radius 2 is 1.65 bits per heavy atom. The summed E-state index contributed by atoms with van der Waals surface area (Å²) in [6.07, 6.45) is 0.907. The van der Waals surface area contributed by atoms with Crippen molar-refractivity contribution >= 4 is 0 Å². The molecule has 2 heteroatoms. The molecule has 0 spiro atoms. The minimum atomic E-state index is -0.176. The lowest BCUT2D eigenvalue weighted by molar-refractivity contribution is 0.458. The molecule has 0 fully saturated rings. The first-order chi connectivity index (χ1) is 9.70. The first-order valence-corrected chi connectivity index (χ1v) is 7.23. The average Bonchev–Trinajstić information content (AvgIpc) is 2.49. The highest BCUT2D eigenvalue weighted by Crippen LogP contribution is 2.22. The van der Waals surface area contributed by atoms with Crippen LogP contribution >= 0.6 is 0 Å². The van der Waals surface area contributed by atoms with Crippen LogP contribution in [0.4, 0.5) is 4.39 Å². The summed E-state index contributed by atoms with van der Waals surface area (Å²) in [6, 6.07) is 17.7. The summed E-state index contributed by atoms with van der Waals surface area (Å²) < 4.78 is 13.0. The van der Waals surface area contributed by atoms with Crippen LogP contribution in [-0.2, 0) is 6.42 Å². The van der Waals surface area contributed by atoms with E-state index in [1.54, 1.807) is 0 Å². The van der Waals surface area contributed by atoms with Crippen LogP contribution in [-0.4, -0.2) is 12.6 Å². The zero-order chi connectivity index (χ0) is 14.4. The SMILES string of the molecule is CCNC(Cc1ccc(F)cc1)C(C)c1ccccc1. The maximum Gasteiger partial charge on any atom is 0.123 e. The predicted molar refractivity (Wildman–Crippen MR) is 82.4 cm³/mol. The molecule has 0 saturated heterocycles. The Morgan fingerprint density at radius 3 is 2.25 bits per heavy atom. The molecule has 0 amide bonds. The minimum absolute atomic E-state index is 0.176. The summed E-state index contributed by atoms with van der Waals surface area (Å²) in [6.45, 7) is 5.30. The molecule has 2 atom stereocenters. The number of nitrogens with one attached hydrogen (secondary N) is 1. The van der Waals surface area contributed by atoms with E-state index in [1.807, 2.05) is 18.2 Å². The third kappa shape index (κ3) is 3.91. The second-order valence-electron chi connectivity index (χ2n) is 5.19. The second-order valence-corrected chi connectivity index (χ2v) is 5.19. The molecule has 0 aliphatic carbocycles. The first kappa shape index (κ1) is 14.7. The van der Waals surface area contributed by atoms with Crippen molar-refractivity contribution in [2.24, 2.45) is 0 Å². The van der Waals surface area contributed by atoms with Crippen molar-refractivity contribution < 1.29 is 4.39 Å². The van der Waals surface area contributed by atoms with E-state index < -0.39 is 0 Å². The molecule has 2 rings (SSSR count). The van der Waals surface area contributed by atoms with Crippen molar-refractivity contribution in [2.75, 3.05) is 6.54 Å². The van der Waals surface area contributed by atoms with Crippen LogP contribution in [0.15, 0.2) is 54.6 Å². The number of halogens is 1. The van der Waals surface area contributed by atoms with Crippen LogP contribution in [0.2, 0.25) is 0 Å². The summed E-state index contributed by atoms with van der Waals surface area (Å²) in [4.78, 5) is 0. The molecule has 106 valence electrons. The molecule has 20 heavy (non-hydrogen) atoms. The quantitative estimate of drug-likeness (QED) is 0.832. The molecule has 0 radical (unpaired) electrons. The van der Waals surface area contributed by atoms with Gasteiger partial charge in [-0.05, 0) is 42.1 Å². The number of benzene rings is 2. The standard InChI is InChI=1S/C18H22FN/c1-3-20-18(13-15-9-11-17(19)12-10-15)14(2)16-7-5-4-6-8-16/h4-12,14,18,20H,3,13H2,1-2H3. The van der Waals surface area contributed by atoms with E-state index in [0.717, 1.165) is 13.0 Å². The maximum atomic E-state index is 13.0. The topological polar surface area (TPSA) is 12.0 Å². The lowest BCUT2D eigenvalue weighted by Gasteiger charge is -2.25. The smallest absolute Gasteiger partial charge is 0.123 e. The average molecular weight is 271 g/mol. The van der Waals surface area contributed by atoms with Gasteiger partial charge in [0.2, 0.25) is 0 Å². The van der Waals surface area contributed by atoms with Crippen LogP contribution in [0.25, 0.3) is 0 Å². The molecule has 0 aromatic heterocycles. The summed E-state index contributed by atoms with van der Waals surface area (Å²) in [7, 11) is 0. The van der Waals surface area contributed by atoms with Crippen LogP contribution in [0.3, 0.4) is 0 Å². The number of rotatable bonds is 6. The fourth-order valence-corrected chi connectivity index (χ4v) is 2.55. The van der Waals surface area contributed by atoms with Gasteiger partial charge in [-0.1, -0.05) is 56.3 Å². The Morgan fingerprint density at radius 1 is 1.00 bits per heavy atom. The second kappa shape index (κ2) is 7.20. The number of hydrogen-bond donors (Lipinski definition) is 1. The van der Waals surface area contributed by atoms with Crippen molar-refractivity contribution in [3.05, 3.63) is 71.5 Å². The van der Waals surface area contributed by atoms with Gasteiger partial charge in [0.15, 0.2) is 0 Å². The van der Waals surface area contributed by atoms with Gasteiger partial charge in [0.25, 0.3) is 0 Å². The van der Waals surface area contributed by atoms with Crippen molar-refractivity contribution in [1.29, 1.82) is 0 Å². The number of likely N-dealkylation sites (N-methyl/N-ethyl adjacent to an activating group) is 1. The van der Waals surface area contributed by atoms with Crippen molar-refractivity contribution in [1.82, 2.24) is 5.32 Å². The van der Waals surface area contributed by atoms with Crippen LogP contribution in [0, 0.1) is 5.82 Å². The highest BCUT2D eigenvalue weighted by atomic mass is 19.1. The molecular formula is C18H22FN. The Hall–Kier alpha value is -1.67. The van der Waals surface area contributed by atoms with E-state index in [4.69, 9.17) is 0 Å². The maximum absolute atomic E-state index is 13.0. The minimum Gasteiger partial charge on any atom is -0.313 e. The van der Waals surface area contributed by atoms with E-state index in [-0.39, 0.29) is 5.82 Å². The highest BCUT2D eigenvalue weighted by molar-refractivity contribution is 5.23. The molecule has 0 saturated carbocycles. The molecule has 1 nitrogen and oxygen atoms in total. The molecule has 0 bridgehead atoms. The predicted octanol–water partition coefficient (Wildman–Crippen LogP) is 4.15. The van der Waals surface area contributed by atoms with Crippen LogP contribution in [0.5, 0.6) is 0 Å². The molecule has 2 unspecified atom stereocenters. The van der Waals surface area contributed by atoms with Gasteiger partial charge in [-0.3, -0.25) is 0 Å². The fourth-order valence-electron chi connectivity index (χ4n) is 2.55. The van der Waals surface area contributed by atoms with Gasteiger partial charge in [0, 0.05) is 6.04 Å². The number of hydrogen-bond acceptors (Lipinski definition) is 1. The van der Waals surface area contributed by atoms with E-state index >= 15 is 0 Å². The molecule has 0 aliphatic rings. The Kier molecular flexibility index (Phi) is 5.31. The van der Waals surface area contributed by atoms with Gasteiger partial charge in [-0.25, -0.2) is 4.39 Å². The van der Waals surface area contributed by atoms with Gasteiger partial charge < -0.3 is 5.32 Å². The van der Waals surface area contributed by atoms with Gasteiger partial charge >= 0.3 is 0 Å². The molecule has 2 aromatic carbocycles. The fraction of sp³-hybridized carbons (Fsp3) is 0.333. The van der Waals surface area contributed by atoms with Gasteiger partial charge in [-0.2, -0.15) is 0 Å². The normalized spacial score (nSPS) is 13.9.